The Balaban J connectivity index is 2.48. The molecule has 1 amide bonds. The lowest BCUT2D eigenvalue weighted by atomic mass is 9.97. The topological polar surface area (TPSA) is 59.2 Å². The van der Waals surface area contributed by atoms with Crippen molar-refractivity contribution in [3.8, 4) is 0 Å². The second kappa shape index (κ2) is 6.51. The summed E-state index contributed by atoms with van der Waals surface area (Å²) in [6.45, 7) is 9.66. The summed E-state index contributed by atoms with van der Waals surface area (Å²) in [6, 6.07) is 1.86. The molecular formula is C18H27N3O. The Morgan fingerprint density at radius 2 is 2.27 bits per heavy atom. The van der Waals surface area contributed by atoms with Gasteiger partial charge in [-0.1, -0.05) is 32.4 Å². The number of hydrogen-bond donors (Lipinski definition) is 1. The zero-order chi connectivity index (χ0) is 16.3. The van der Waals surface area contributed by atoms with E-state index in [2.05, 4.69) is 43.7 Å². The van der Waals surface area contributed by atoms with Crippen LogP contribution >= 0.6 is 0 Å². The van der Waals surface area contributed by atoms with Crippen LogP contribution in [0.4, 0.5) is 5.82 Å². The van der Waals surface area contributed by atoms with Gasteiger partial charge in [-0.05, 0) is 44.2 Å². The Hall–Kier alpha value is -1.84. The number of nitrogens with zero attached hydrogens (tertiary/aromatic N) is 2. The zero-order valence-corrected chi connectivity index (χ0v) is 14.1. The number of unbranched alkanes of at least 4 members (excludes halogenated alkanes) is 1. The minimum atomic E-state index is -0.408. The second-order valence-corrected chi connectivity index (χ2v) is 6.89. The quantitative estimate of drug-likeness (QED) is 0.903. The number of carbonyl (C=O) groups is 1. The number of rotatable bonds is 5. The number of anilines is 1. The van der Waals surface area contributed by atoms with Crippen LogP contribution in [-0.2, 0) is 0 Å². The van der Waals surface area contributed by atoms with Gasteiger partial charge in [-0.25, -0.2) is 4.98 Å². The van der Waals surface area contributed by atoms with Gasteiger partial charge < -0.3 is 10.6 Å². The molecule has 1 fully saturated rings. The molecule has 1 aliphatic rings. The summed E-state index contributed by atoms with van der Waals surface area (Å²) in [6.07, 6.45) is 9.00. The van der Waals surface area contributed by atoms with Gasteiger partial charge in [-0.2, -0.15) is 0 Å². The fourth-order valence-electron chi connectivity index (χ4n) is 3.40. The number of hydrogen-bond acceptors (Lipinski definition) is 3. The minimum absolute atomic E-state index is 0.0115. The van der Waals surface area contributed by atoms with Crippen molar-refractivity contribution >= 4 is 17.8 Å². The number of carbonyl (C=O) groups excluding carboxylic acids is 1. The van der Waals surface area contributed by atoms with Gasteiger partial charge in [0.15, 0.2) is 0 Å². The average Bonchev–Trinajstić information content (AvgIpc) is 2.71. The number of amides is 1. The van der Waals surface area contributed by atoms with Crippen molar-refractivity contribution in [1.82, 2.24) is 4.98 Å². The molecule has 1 atom stereocenters. The van der Waals surface area contributed by atoms with Gasteiger partial charge in [-0.3, -0.25) is 4.79 Å². The Kier molecular flexibility index (Phi) is 4.89. The van der Waals surface area contributed by atoms with E-state index >= 15 is 0 Å². The molecule has 2 rings (SSSR count). The van der Waals surface area contributed by atoms with E-state index in [1.54, 1.807) is 6.20 Å². The van der Waals surface area contributed by atoms with E-state index in [0.29, 0.717) is 11.5 Å². The van der Waals surface area contributed by atoms with Crippen LogP contribution in [0.25, 0.3) is 6.08 Å². The maximum absolute atomic E-state index is 12.0. The van der Waals surface area contributed by atoms with Crippen LogP contribution in [0.15, 0.2) is 18.3 Å². The Morgan fingerprint density at radius 3 is 2.82 bits per heavy atom. The number of nitrogens with two attached hydrogens (primary N) is 1. The predicted molar refractivity (Wildman–Crippen MR) is 91.9 cm³/mol. The van der Waals surface area contributed by atoms with E-state index in [1.807, 2.05) is 12.1 Å². The molecule has 1 saturated heterocycles. The normalized spacial score (nSPS) is 20.7. The van der Waals surface area contributed by atoms with Gasteiger partial charge in [0.1, 0.15) is 5.82 Å². The van der Waals surface area contributed by atoms with Crippen LogP contribution in [0.3, 0.4) is 0 Å². The van der Waals surface area contributed by atoms with Crippen molar-refractivity contribution in [3.63, 3.8) is 0 Å². The molecule has 4 heteroatoms. The van der Waals surface area contributed by atoms with Gasteiger partial charge in [0.25, 0.3) is 5.91 Å². The molecule has 2 heterocycles. The molecule has 0 aliphatic carbocycles. The molecule has 120 valence electrons. The van der Waals surface area contributed by atoms with E-state index in [1.165, 1.54) is 0 Å². The largest absolute Gasteiger partial charge is 0.365 e. The van der Waals surface area contributed by atoms with Crippen molar-refractivity contribution in [3.05, 3.63) is 29.5 Å². The first-order valence-corrected chi connectivity index (χ1v) is 8.09. The van der Waals surface area contributed by atoms with E-state index in [0.717, 1.165) is 37.2 Å². The summed E-state index contributed by atoms with van der Waals surface area (Å²) in [5.41, 5.74) is 7.06. The maximum atomic E-state index is 12.0. The van der Waals surface area contributed by atoms with Gasteiger partial charge in [-0.15, -0.1) is 0 Å². The SMILES string of the molecule is CCC/C=C/c1ccnc(N2C[C@@H](C)CC2(C)C)c1C(N)=O. The summed E-state index contributed by atoms with van der Waals surface area (Å²) in [4.78, 5) is 18.8. The zero-order valence-electron chi connectivity index (χ0n) is 14.1. The molecule has 0 radical (unpaired) electrons. The van der Waals surface area contributed by atoms with Crippen molar-refractivity contribution in [2.75, 3.05) is 11.4 Å². The minimum Gasteiger partial charge on any atom is -0.365 e. The Morgan fingerprint density at radius 1 is 1.55 bits per heavy atom. The lowest BCUT2D eigenvalue weighted by Gasteiger charge is -2.33. The number of aromatic nitrogens is 1. The van der Waals surface area contributed by atoms with Crippen LogP contribution < -0.4 is 10.6 Å². The van der Waals surface area contributed by atoms with Crippen LogP contribution in [0, 0.1) is 5.92 Å². The van der Waals surface area contributed by atoms with E-state index in [9.17, 15) is 4.79 Å². The number of primary amides is 1. The van der Waals surface area contributed by atoms with E-state index in [-0.39, 0.29) is 5.54 Å². The molecule has 0 unspecified atom stereocenters. The standard InChI is InChI=1S/C18H27N3O/c1-5-6-7-8-14-9-10-20-17(15(14)16(19)22)21-12-13(2)11-18(21,3)4/h7-10,13H,5-6,11-12H2,1-4H3,(H2,19,22)/b8-7+/t13-/m0/s1. The van der Waals surface area contributed by atoms with E-state index < -0.39 is 5.91 Å². The molecular weight excluding hydrogens is 274 g/mol. The fourth-order valence-corrected chi connectivity index (χ4v) is 3.40. The molecule has 2 N–H and O–H groups in total. The molecule has 0 aromatic carbocycles. The first-order valence-electron chi connectivity index (χ1n) is 8.09. The number of allylic oxidation sites excluding steroid dienone is 1. The predicted octanol–water partition coefficient (Wildman–Crippen LogP) is 3.62. The molecule has 0 bridgehead atoms. The second-order valence-electron chi connectivity index (χ2n) is 6.89. The lowest BCUT2D eigenvalue weighted by molar-refractivity contribution is 0.1000. The third-order valence-electron chi connectivity index (χ3n) is 4.29. The highest BCUT2D eigenvalue weighted by Crippen LogP contribution is 2.37. The summed E-state index contributed by atoms with van der Waals surface area (Å²) < 4.78 is 0. The summed E-state index contributed by atoms with van der Waals surface area (Å²) >= 11 is 0. The molecule has 0 spiro atoms. The van der Waals surface area contributed by atoms with Gasteiger partial charge in [0.2, 0.25) is 0 Å². The first-order chi connectivity index (χ1) is 10.4. The molecule has 22 heavy (non-hydrogen) atoms. The fraction of sp³-hybridized carbons (Fsp3) is 0.556. The summed E-state index contributed by atoms with van der Waals surface area (Å²) in [7, 11) is 0. The molecule has 4 nitrogen and oxygen atoms in total. The van der Waals surface area contributed by atoms with E-state index in [4.69, 9.17) is 5.73 Å². The van der Waals surface area contributed by atoms with Gasteiger partial charge in [0, 0.05) is 18.3 Å². The van der Waals surface area contributed by atoms with Crippen molar-refractivity contribution in [1.29, 1.82) is 0 Å². The first kappa shape index (κ1) is 16.5. The summed E-state index contributed by atoms with van der Waals surface area (Å²) in [5, 5.41) is 0. The Labute approximate surface area is 133 Å². The molecule has 1 aromatic rings. The highest BCUT2D eigenvalue weighted by atomic mass is 16.1. The van der Waals surface area contributed by atoms with Gasteiger partial charge >= 0.3 is 0 Å². The number of pyridine rings is 1. The molecule has 1 aliphatic heterocycles. The molecule has 1 aromatic heterocycles. The summed E-state index contributed by atoms with van der Waals surface area (Å²) in [5.74, 6) is 0.895. The monoisotopic (exact) mass is 301 g/mol. The highest BCUT2D eigenvalue weighted by Gasteiger charge is 2.38. The van der Waals surface area contributed by atoms with Crippen LogP contribution in [0.5, 0.6) is 0 Å². The molecule has 0 saturated carbocycles. The lowest BCUT2D eigenvalue weighted by Crippen LogP contribution is -2.40. The third-order valence-corrected chi connectivity index (χ3v) is 4.29. The van der Waals surface area contributed by atoms with Crippen molar-refractivity contribution in [2.24, 2.45) is 11.7 Å². The van der Waals surface area contributed by atoms with Crippen molar-refractivity contribution < 1.29 is 4.79 Å². The Bertz CT molecular complexity index is 578. The smallest absolute Gasteiger partial charge is 0.253 e. The van der Waals surface area contributed by atoms with Crippen LogP contribution in [0.2, 0.25) is 0 Å². The van der Waals surface area contributed by atoms with Crippen LogP contribution in [-0.4, -0.2) is 23.0 Å². The maximum Gasteiger partial charge on any atom is 0.253 e. The van der Waals surface area contributed by atoms with Gasteiger partial charge in [0.05, 0.1) is 5.56 Å². The highest BCUT2D eigenvalue weighted by molar-refractivity contribution is 6.01. The van der Waals surface area contributed by atoms with Crippen LogP contribution in [0.1, 0.15) is 62.9 Å². The third kappa shape index (κ3) is 3.32. The average molecular weight is 301 g/mol. The van der Waals surface area contributed by atoms with Crippen molar-refractivity contribution in [2.45, 2.75) is 52.5 Å².